The summed E-state index contributed by atoms with van der Waals surface area (Å²) in [7, 11) is 0. The minimum atomic E-state index is -3.84. The predicted octanol–water partition coefficient (Wildman–Crippen LogP) is 15.2. The molecule has 0 aliphatic heterocycles. The normalized spacial score (nSPS) is 15.8. The van der Waals surface area contributed by atoms with Gasteiger partial charge in [0.05, 0.1) is 27.8 Å². The number of phenolic OH excluding ortho intramolecular Hbond substituents is 1. The van der Waals surface area contributed by atoms with Crippen molar-refractivity contribution in [1.82, 2.24) is 14.5 Å². The standard InChI is InChI=1S/C59H46N3O.Pt/c1-39-33-52(43-21-12-7-13-22-43)55(38-51(39)42-19-10-6-11-20-42)62-54-25-16-24-49(57(54)61-58(62)50-23-14-15-26-56(50)63)46-34-45(40-17-8-5-9-18-40)35-47(36-46)53-37-44(31-32-60-53)41-27-29-48(30-28-41)59(2,3)4;/h5-35,37-38,63H,1-4H3;/q-1;/i1D3,2D3,3D3,4D3,27D,28D,29D,30D;. The molecule has 0 spiro atoms. The van der Waals surface area contributed by atoms with Gasteiger partial charge in [-0.15, -0.1) is 23.8 Å². The molecular formula is C59H46N3OPt-. The molecule has 0 aliphatic carbocycles. The Morgan fingerprint density at radius 3 is 1.89 bits per heavy atom. The molecule has 0 saturated heterocycles. The van der Waals surface area contributed by atoms with Crippen LogP contribution in [-0.4, -0.2) is 19.6 Å². The fourth-order valence-corrected chi connectivity index (χ4v) is 7.91. The van der Waals surface area contributed by atoms with Crippen LogP contribution in [0, 0.1) is 12.9 Å². The molecule has 4 nitrogen and oxygen atoms in total. The molecule has 0 aliphatic rings. The second kappa shape index (κ2) is 17.6. The van der Waals surface area contributed by atoms with Crippen LogP contribution >= 0.6 is 0 Å². The number of imidazole rings is 1. The van der Waals surface area contributed by atoms with E-state index < -0.39 is 62.6 Å². The minimum absolute atomic E-state index is 0. The van der Waals surface area contributed by atoms with E-state index in [4.69, 9.17) is 26.9 Å². The second-order valence-corrected chi connectivity index (χ2v) is 15.1. The largest absolute Gasteiger partial charge is 0.507 e. The average Bonchev–Trinajstić information content (AvgIpc) is 3.45. The summed E-state index contributed by atoms with van der Waals surface area (Å²) in [6.07, 6.45) is 1.37. The number of aromatic hydroxyl groups is 1. The van der Waals surface area contributed by atoms with Crippen LogP contribution in [0.3, 0.4) is 0 Å². The van der Waals surface area contributed by atoms with E-state index in [2.05, 4.69) is 11.1 Å². The van der Waals surface area contributed by atoms with Crippen LogP contribution < -0.4 is 0 Å². The van der Waals surface area contributed by atoms with Crippen molar-refractivity contribution < 1.29 is 48.1 Å². The predicted molar refractivity (Wildman–Crippen MR) is 261 cm³/mol. The molecule has 5 heteroatoms. The Labute approximate surface area is 412 Å². The van der Waals surface area contributed by atoms with Gasteiger partial charge in [-0.1, -0.05) is 183 Å². The van der Waals surface area contributed by atoms with Gasteiger partial charge >= 0.3 is 0 Å². The van der Waals surface area contributed by atoms with Gasteiger partial charge in [-0.05, 0) is 93.2 Å². The molecule has 0 saturated carbocycles. The molecule has 314 valence electrons. The molecule has 0 amide bonds. The maximum Gasteiger partial charge on any atom is 0.148 e. The number of hydrogen-bond donors (Lipinski definition) is 1. The van der Waals surface area contributed by atoms with Gasteiger partial charge in [0.1, 0.15) is 11.6 Å². The van der Waals surface area contributed by atoms with Gasteiger partial charge < -0.3 is 5.11 Å². The van der Waals surface area contributed by atoms with Crippen LogP contribution in [0.1, 0.15) is 53.6 Å². The zero-order valence-electron chi connectivity index (χ0n) is 49.8. The minimum Gasteiger partial charge on any atom is -0.507 e. The Hall–Kier alpha value is -7.13. The van der Waals surface area contributed by atoms with Crippen molar-refractivity contribution in [3.8, 4) is 89.7 Å². The molecule has 8 aromatic carbocycles. The van der Waals surface area contributed by atoms with Crippen molar-refractivity contribution in [1.29, 1.82) is 0 Å². The van der Waals surface area contributed by atoms with E-state index in [-0.39, 0.29) is 49.2 Å². The Kier molecular flexibility index (Phi) is 7.45. The van der Waals surface area contributed by atoms with Crippen LogP contribution in [0.15, 0.2) is 200 Å². The molecule has 0 unspecified atom stereocenters. The smallest absolute Gasteiger partial charge is 0.148 e. The van der Waals surface area contributed by atoms with Crippen LogP contribution in [0.25, 0.3) is 95.0 Å². The van der Waals surface area contributed by atoms with Gasteiger partial charge in [0, 0.05) is 55.0 Å². The second-order valence-electron chi connectivity index (χ2n) is 15.1. The molecule has 1 N–H and O–H groups in total. The Morgan fingerprint density at radius 1 is 0.562 bits per heavy atom. The summed E-state index contributed by atoms with van der Waals surface area (Å²) in [5.41, 5.74) is 2.51. The van der Waals surface area contributed by atoms with Crippen molar-refractivity contribution in [3.05, 3.63) is 217 Å². The number of fused-ring (bicyclic) bond motifs is 1. The quantitative estimate of drug-likeness (QED) is 0.154. The number of benzene rings is 8. The molecule has 0 fully saturated rings. The van der Waals surface area contributed by atoms with Gasteiger partial charge in [0.2, 0.25) is 0 Å². The first-order valence-electron chi connectivity index (χ1n) is 28.1. The van der Waals surface area contributed by atoms with E-state index in [0.717, 1.165) is 11.1 Å². The van der Waals surface area contributed by atoms with Gasteiger partial charge in [-0.3, -0.25) is 9.55 Å². The third-order valence-electron chi connectivity index (χ3n) is 11.0. The van der Waals surface area contributed by atoms with Gasteiger partial charge in [-0.2, -0.15) is 0 Å². The van der Waals surface area contributed by atoms with Gasteiger partial charge in [-0.25, -0.2) is 4.98 Å². The van der Waals surface area contributed by atoms with Crippen LogP contribution in [0.5, 0.6) is 5.75 Å². The first-order chi connectivity index (χ1) is 37.3. The number of phenols is 1. The maximum absolute atomic E-state index is 11.6. The fraction of sp³-hybridized carbons (Fsp3) is 0.0847. The third kappa shape index (κ3) is 8.14. The first-order valence-corrected chi connectivity index (χ1v) is 20.1. The number of nitrogens with zero attached hydrogens (tertiary/aromatic N) is 3. The van der Waals surface area contributed by atoms with E-state index in [9.17, 15) is 5.11 Å². The van der Waals surface area contributed by atoms with Crippen molar-refractivity contribution in [2.45, 2.75) is 32.8 Å². The molecule has 10 aromatic rings. The SMILES string of the molecule is [2H]c1c([2H])c(C(C([2H])([2H])[2H])(C([2H])([2H])[2H])C([2H])([2H])[2H])c([2H])c([2H])c1-c1ccnc(-c2[c-]c(-c3cccc4c3nc(-c3ccccc3O)n4-c3cc(-c4ccccc4)c(C([2H])([2H])[2H])cc3-c3ccccc3)cc(-c3ccccc3)c2)c1.[Pt]. The molecule has 2 aromatic heterocycles. The number of rotatable bonds is 8. The van der Waals surface area contributed by atoms with Gasteiger partial charge in [0.15, 0.2) is 0 Å². The van der Waals surface area contributed by atoms with Crippen LogP contribution in [0.4, 0.5) is 0 Å². The molecule has 0 radical (unpaired) electrons. The summed E-state index contributed by atoms with van der Waals surface area (Å²) in [4.78, 5) is 10.0. The average molecular weight is 1020 g/mol. The number of aromatic nitrogens is 3. The number of hydrogen-bond acceptors (Lipinski definition) is 3. The molecule has 2 heterocycles. The fourth-order valence-electron chi connectivity index (χ4n) is 7.91. The zero-order valence-corrected chi connectivity index (χ0v) is 36.1. The monoisotopic (exact) mass is 1020 g/mol. The first kappa shape index (κ1) is 27.1. The number of para-hydroxylation sites is 2. The summed E-state index contributed by atoms with van der Waals surface area (Å²) in [6.45, 7) is -14.0. The molecule has 10 rings (SSSR count). The summed E-state index contributed by atoms with van der Waals surface area (Å²) in [5.74, 6) is 0.282. The van der Waals surface area contributed by atoms with Crippen LogP contribution in [0.2, 0.25) is 0 Å². The van der Waals surface area contributed by atoms with Crippen molar-refractivity contribution in [2.24, 2.45) is 0 Å². The zero-order chi connectivity index (χ0) is 56.6. The topological polar surface area (TPSA) is 50.9 Å². The van der Waals surface area contributed by atoms with E-state index in [1.54, 1.807) is 30.3 Å². The van der Waals surface area contributed by atoms with Crippen molar-refractivity contribution in [2.75, 3.05) is 0 Å². The Morgan fingerprint density at radius 2 is 1.20 bits per heavy atom. The summed E-state index contributed by atoms with van der Waals surface area (Å²) < 4.78 is 139. The van der Waals surface area contributed by atoms with Crippen LogP contribution in [-0.2, 0) is 26.5 Å². The molecule has 0 bridgehead atoms. The van der Waals surface area contributed by atoms with E-state index >= 15 is 0 Å². The van der Waals surface area contributed by atoms with Gasteiger partial charge in [0.25, 0.3) is 0 Å². The number of aryl methyl sites for hydroxylation is 1. The Bertz CT molecular complexity index is 3910. The van der Waals surface area contributed by atoms with E-state index in [1.165, 1.54) is 18.3 Å². The Balaban J connectivity index is 0.00000774. The third-order valence-corrected chi connectivity index (χ3v) is 11.0. The molecule has 0 atom stereocenters. The summed E-state index contributed by atoms with van der Waals surface area (Å²) in [6, 6.07) is 50.3. The maximum atomic E-state index is 11.6. The van der Waals surface area contributed by atoms with Crippen molar-refractivity contribution in [3.63, 3.8) is 0 Å². The summed E-state index contributed by atoms with van der Waals surface area (Å²) in [5, 5.41) is 11.6. The number of pyridine rings is 1. The van der Waals surface area contributed by atoms with E-state index in [0.29, 0.717) is 67.1 Å². The van der Waals surface area contributed by atoms with Crippen molar-refractivity contribution >= 4 is 11.0 Å². The molecule has 64 heavy (non-hydrogen) atoms. The van der Waals surface area contributed by atoms with E-state index in [1.807, 2.05) is 132 Å². The summed E-state index contributed by atoms with van der Waals surface area (Å²) >= 11 is 0. The molecular weight excluding hydrogens is 962 g/mol.